The number of methoxy groups -OCH3 is 1. The molecule has 0 aliphatic carbocycles. The molecule has 0 radical (unpaired) electrons. The van der Waals surface area contributed by atoms with Crippen LogP contribution >= 0.6 is 21.6 Å². The summed E-state index contributed by atoms with van der Waals surface area (Å²) < 4.78 is 9.87. The van der Waals surface area contributed by atoms with E-state index in [1.54, 1.807) is 28.7 Å². The quantitative estimate of drug-likeness (QED) is 0.224. The van der Waals surface area contributed by atoms with Crippen LogP contribution in [0.15, 0.2) is 12.1 Å². The standard InChI is InChI=1S/C15H18O8S2/c1-22-6-8-25-24-7-2-3-11(17)23-10-5-4-9(16)12(14(18)19)13(10)15(20)21/h4-5,16H,2-3,6-8H2,1H3,(H,18,19)(H,20,21). The van der Waals surface area contributed by atoms with Gasteiger partial charge in [0.2, 0.25) is 0 Å². The molecule has 138 valence electrons. The molecule has 0 aliphatic rings. The molecule has 10 heteroatoms. The number of aromatic hydroxyl groups is 1. The second-order valence-electron chi connectivity index (χ2n) is 4.66. The highest BCUT2D eigenvalue weighted by Crippen LogP contribution is 2.30. The fraction of sp³-hybridized carbons (Fsp3) is 0.400. The van der Waals surface area contributed by atoms with Crippen molar-refractivity contribution in [1.29, 1.82) is 0 Å². The van der Waals surface area contributed by atoms with Gasteiger partial charge in [0.25, 0.3) is 0 Å². The van der Waals surface area contributed by atoms with Crippen LogP contribution in [0.5, 0.6) is 11.5 Å². The zero-order valence-electron chi connectivity index (χ0n) is 13.4. The SMILES string of the molecule is COCCSSCCCC(=O)Oc1ccc(O)c(C(=O)O)c1C(=O)O. The number of aromatic carboxylic acids is 2. The van der Waals surface area contributed by atoms with Crippen LogP contribution in [0.25, 0.3) is 0 Å². The van der Waals surface area contributed by atoms with Gasteiger partial charge in [-0.05, 0) is 18.6 Å². The van der Waals surface area contributed by atoms with E-state index in [9.17, 15) is 19.5 Å². The summed E-state index contributed by atoms with van der Waals surface area (Å²) in [4.78, 5) is 34.2. The Hall–Kier alpha value is -1.91. The zero-order chi connectivity index (χ0) is 18.8. The van der Waals surface area contributed by atoms with E-state index < -0.39 is 40.5 Å². The molecule has 8 nitrogen and oxygen atoms in total. The van der Waals surface area contributed by atoms with Crippen molar-refractivity contribution in [3.8, 4) is 11.5 Å². The molecular formula is C15H18O8S2. The summed E-state index contributed by atoms with van der Waals surface area (Å²) >= 11 is 0. The highest BCUT2D eigenvalue weighted by atomic mass is 33.1. The first-order chi connectivity index (χ1) is 11.9. The van der Waals surface area contributed by atoms with Gasteiger partial charge in [0.15, 0.2) is 0 Å². The smallest absolute Gasteiger partial charge is 0.340 e. The maximum atomic E-state index is 11.8. The Kier molecular flexibility index (Phi) is 9.17. The molecule has 3 N–H and O–H groups in total. The largest absolute Gasteiger partial charge is 0.507 e. The van der Waals surface area contributed by atoms with Gasteiger partial charge in [-0.25, -0.2) is 9.59 Å². The van der Waals surface area contributed by atoms with Gasteiger partial charge in [-0.3, -0.25) is 4.79 Å². The van der Waals surface area contributed by atoms with Crippen molar-refractivity contribution < 1.29 is 39.2 Å². The summed E-state index contributed by atoms with van der Waals surface area (Å²) in [5.41, 5.74) is -1.58. The van der Waals surface area contributed by atoms with E-state index in [4.69, 9.17) is 19.7 Å². The Morgan fingerprint density at radius 3 is 2.28 bits per heavy atom. The number of phenols is 1. The molecule has 1 rings (SSSR count). The summed E-state index contributed by atoms with van der Waals surface area (Å²) in [7, 11) is 4.81. The van der Waals surface area contributed by atoms with Crippen molar-refractivity contribution in [2.45, 2.75) is 12.8 Å². The second-order valence-corrected chi connectivity index (χ2v) is 7.36. The third-order valence-corrected chi connectivity index (χ3v) is 5.31. The van der Waals surface area contributed by atoms with Crippen LogP contribution in [0.3, 0.4) is 0 Å². The molecule has 0 aromatic heterocycles. The third kappa shape index (κ3) is 6.85. The van der Waals surface area contributed by atoms with Crippen LogP contribution in [0, 0.1) is 0 Å². The lowest BCUT2D eigenvalue weighted by Gasteiger charge is -2.11. The molecule has 0 fully saturated rings. The van der Waals surface area contributed by atoms with Gasteiger partial charge < -0.3 is 24.8 Å². The number of ether oxygens (including phenoxy) is 2. The Bertz CT molecular complexity index is 632. The van der Waals surface area contributed by atoms with E-state index >= 15 is 0 Å². The normalized spacial score (nSPS) is 10.4. The number of carbonyl (C=O) groups is 3. The Labute approximate surface area is 151 Å². The maximum absolute atomic E-state index is 11.8. The monoisotopic (exact) mass is 390 g/mol. The van der Waals surface area contributed by atoms with Crippen LogP contribution in [0.4, 0.5) is 0 Å². The summed E-state index contributed by atoms with van der Waals surface area (Å²) in [5.74, 6) is -3.50. The minimum Gasteiger partial charge on any atom is -0.507 e. The molecule has 0 unspecified atom stereocenters. The fourth-order valence-electron chi connectivity index (χ4n) is 1.77. The van der Waals surface area contributed by atoms with Gasteiger partial charge in [-0.15, -0.1) is 0 Å². The zero-order valence-corrected chi connectivity index (χ0v) is 15.0. The number of carbonyl (C=O) groups excluding carboxylic acids is 1. The molecule has 25 heavy (non-hydrogen) atoms. The Morgan fingerprint density at radius 2 is 1.68 bits per heavy atom. The molecule has 0 aliphatic heterocycles. The first-order valence-electron chi connectivity index (χ1n) is 7.15. The van der Waals surface area contributed by atoms with Crippen molar-refractivity contribution in [2.75, 3.05) is 25.2 Å². The van der Waals surface area contributed by atoms with Crippen LogP contribution in [-0.2, 0) is 9.53 Å². The van der Waals surface area contributed by atoms with Crippen LogP contribution in [0.2, 0.25) is 0 Å². The molecular weight excluding hydrogens is 372 g/mol. The first-order valence-corrected chi connectivity index (χ1v) is 9.63. The molecule has 0 bridgehead atoms. The van der Waals surface area contributed by atoms with E-state index in [1.807, 2.05) is 0 Å². The number of carboxylic acid groups (broad SMARTS) is 2. The van der Waals surface area contributed by atoms with Crippen molar-refractivity contribution in [3.05, 3.63) is 23.3 Å². The van der Waals surface area contributed by atoms with E-state index in [-0.39, 0.29) is 6.42 Å². The highest BCUT2D eigenvalue weighted by Gasteiger charge is 2.26. The fourth-order valence-corrected chi connectivity index (χ4v) is 3.77. The lowest BCUT2D eigenvalue weighted by molar-refractivity contribution is -0.134. The van der Waals surface area contributed by atoms with Gasteiger partial charge in [0, 0.05) is 25.0 Å². The first kappa shape index (κ1) is 21.1. The van der Waals surface area contributed by atoms with Crippen LogP contribution < -0.4 is 4.74 Å². The number of esters is 1. The molecule has 0 amide bonds. The summed E-state index contributed by atoms with van der Waals surface area (Å²) in [6, 6.07) is 2.03. The van der Waals surface area contributed by atoms with Gasteiger partial charge in [0.1, 0.15) is 22.6 Å². The lowest BCUT2D eigenvalue weighted by atomic mass is 10.1. The molecule has 0 spiro atoms. The molecule has 1 aromatic rings. The van der Waals surface area contributed by atoms with E-state index in [0.29, 0.717) is 18.8 Å². The van der Waals surface area contributed by atoms with E-state index in [2.05, 4.69) is 0 Å². The average molecular weight is 390 g/mol. The van der Waals surface area contributed by atoms with Gasteiger partial charge >= 0.3 is 17.9 Å². The molecule has 0 heterocycles. The van der Waals surface area contributed by atoms with Gasteiger partial charge in [-0.1, -0.05) is 21.6 Å². The van der Waals surface area contributed by atoms with Crippen LogP contribution in [0.1, 0.15) is 33.6 Å². The summed E-state index contributed by atoms with van der Waals surface area (Å²) in [6.07, 6.45) is 0.579. The minimum absolute atomic E-state index is 0.0557. The molecule has 1 aromatic carbocycles. The summed E-state index contributed by atoms with van der Waals surface area (Å²) in [6.45, 7) is 0.643. The maximum Gasteiger partial charge on any atom is 0.340 e. The van der Waals surface area contributed by atoms with Crippen LogP contribution in [-0.4, -0.2) is 58.4 Å². The predicted molar refractivity (Wildman–Crippen MR) is 93.7 cm³/mol. The predicted octanol–water partition coefficient (Wildman–Crippen LogP) is 2.50. The van der Waals surface area contributed by atoms with Gasteiger partial charge in [0.05, 0.1) is 6.61 Å². The minimum atomic E-state index is -1.63. The molecule has 0 atom stereocenters. The lowest BCUT2D eigenvalue weighted by Crippen LogP contribution is -2.15. The molecule has 0 saturated heterocycles. The molecule has 0 saturated carbocycles. The van der Waals surface area contributed by atoms with Crippen molar-refractivity contribution >= 4 is 39.5 Å². The third-order valence-electron chi connectivity index (χ3n) is 2.86. The Balaban J connectivity index is 2.64. The number of hydrogen-bond acceptors (Lipinski definition) is 8. The van der Waals surface area contributed by atoms with E-state index in [1.165, 1.54) is 0 Å². The Morgan fingerprint density at radius 1 is 1.04 bits per heavy atom. The average Bonchev–Trinajstić information content (AvgIpc) is 2.54. The number of hydrogen-bond donors (Lipinski definition) is 3. The van der Waals surface area contributed by atoms with Crippen molar-refractivity contribution in [3.63, 3.8) is 0 Å². The van der Waals surface area contributed by atoms with Gasteiger partial charge in [-0.2, -0.15) is 0 Å². The highest BCUT2D eigenvalue weighted by molar-refractivity contribution is 8.76. The van der Waals surface area contributed by atoms with Crippen molar-refractivity contribution in [2.24, 2.45) is 0 Å². The number of benzene rings is 1. The van der Waals surface area contributed by atoms with E-state index in [0.717, 1.165) is 17.9 Å². The topological polar surface area (TPSA) is 130 Å². The summed E-state index contributed by atoms with van der Waals surface area (Å²) in [5, 5.41) is 27.7. The number of rotatable bonds is 11. The van der Waals surface area contributed by atoms with Crippen molar-refractivity contribution in [1.82, 2.24) is 0 Å². The number of carboxylic acids is 2. The second kappa shape index (κ2) is 10.9.